The maximum atomic E-state index is 11.1. The monoisotopic (exact) mass is 248 g/mol. The third-order valence-electron chi connectivity index (χ3n) is 1.74. The number of hydroxylamine groups is 2. The van der Waals surface area contributed by atoms with Gasteiger partial charge >= 0.3 is 5.97 Å². The number of nitrogens with zero attached hydrogens (tertiary/aromatic N) is 1. The van der Waals surface area contributed by atoms with Gasteiger partial charge in [-0.3, -0.25) is 9.63 Å². The molecular formula is C11H24N2O4. The Labute approximate surface area is 103 Å². The molecule has 2 N–H and O–H groups in total. The summed E-state index contributed by atoms with van der Waals surface area (Å²) in [6.45, 7) is 10.5. The Hall–Kier alpha value is -0.690. The lowest BCUT2D eigenvalue weighted by atomic mass is 10.5. The second-order valence-corrected chi connectivity index (χ2v) is 4.21. The van der Waals surface area contributed by atoms with E-state index in [4.69, 9.17) is 9.57 Å². The van der Waals surface area contributed by atoms with E-state index < -0.39 is 0 Å². The van der Waals surface area contributed by atoms with Gasteiger partial charge in [-0.25, -0.2) is 5.90 Å². The molecule has 1 aliphatic rings. The number of nitrogens with two attached hydrogens (primary N) is 1. The molecule has 0 saturated carbocycles. The standard InChI is InChI=1S/C8H15NO3.C3H9NO/c1-4-11-8(10)7-5-9(7)12-6(2)3;1-3(2)5-4/h6-7H,4-5H2,1-3H3;3H,4H2,1-2H3. The number of esters is 1. The van der Waals surface area contributed by atoms with Crippen LogP contribution in [0.4, 0.5) is 0 Å². The maximum Gasteiger partial charge on any atom is 0.327 e. The van der Waals surface area contributed by atoms with Crippen LogP contribution in [-0.2, 0) is 19.2 Å². The summed E-state index contributed by atoms with van der Waals surface area (Å²) >= 11 is 0. The number of hydrogen-bond acceptors (Lipinski definition) is 6. The molecular weight excluding hydrogens is 224 g/mol. The topological polar surface area (TPSA) is 73.8 Å². The van der Waals surface area contributed by atoms with Crippen LogP contribution in [0.1, 0.15) is 34.6 Å². The average molecular weight is 248 g/mol. The highest BCUT2D eigenvalue weighted by molar-refractivity contribution is 5.78. The van der Waals surface area contributed by atoms with E-state index in [9.17, 15) is 4.79 Å². The Bertz CT molecular complexity index is 222. The van der Waals surface area contributed by atoms with Gasteiger partial charge in [-0.2, -0.15) is 5.06 Å². The first kappa shape index (κ1) is 16.3. The van der Waals surface area contributed by atoms with Crippen molar-refractivity contribution in [1.82, 2.24) is 5.06 Å². The Morgan fingerprint density at radius 3 is 2.24 bits per heavy atom. The Morgan fingerprint density at radius 2 is 1.88 bits per heavy atom. The van der Waals surface area contributed by atoms with Crippen molar-refractivity contribution in [1.29, 1.82) is 0 Å². The second-order valence-electron chi connectivity index (χ2n) is 4.21. The van der Waals surface area contributed by atoms with Crippen molar-refractivity contribution >= 4 is 5.97 Å². The molecule has 1 rings (SSSR count). The van der Waals surface area contributed by atoms with Gasteiger partial charge in [0, 0.05) is 0 Å². The summed E-state index contributed by atoms with van der Waals surface area (Å²) in [6.07, 6.45) is 0.291. The SMILES string of the molecule is CC(C)ON.CCOC(=O)C1CN1OC(C)C. The number of ether oxygens (including phenoxy) is 1. The van der Waals surface area contributed by atoms with Gasteiger partial charge < -0.3 is 9.57 Å². The van der Waals surface area contributed by atoms with Crippen LogP contribution in [0.25, 0.3) is 0 Å². The van der Waals surface area contributed by atoms with Gasteiger partial charge in [-0.15, -0.1) is 0 Å². The molecule has 6 heteroatoms. The first-order valence-electron chi connectivity index (χ1n) is 5.87. The number of carbonyl (C=O) groups excluding carboxylic acids is 1. The van der Waals surface area contributed by atoms with Crippen LogP contribution >= 0.6 is 0 Å². The molecule has 0 aromatic rings. The van der Waals surface area contributed by atoms with Crippen LogP contribution in [0.5, 0.6) is 0 Å². The lowest BCUT2D eigenvalue weighted by Gasteiger charge is -2.07. The molecule has 1 heterocycles. The van der Waals surface area contributed by atoms with Gasteiger partial charge in [0.2, 0.25) is 0 Å². The van der Waals surface area contributed by atoms with Crippen LogP contribution in [0.15, 0.2) is 0 Å². The highest BCUT2D eigenvalue weighted by Crippen LogP contribution is 2.20. The minimum atomic E-state index is -0.182. The normalized spacial score (nSPS) is 22.1. The van der Waals surface area contributed by atoms with Crippen molar-refractivity contribution in [2.75, 3.05) is 13.2 Å². The fraction of sp³-hybridized carbons (Fsp3) is 0.909. The zero-order valence-electron chi connectivity index (χ0n) is 11.3. The van der Waals surface area contributed by atoms with E-state index >= 15 is 0 Å². The summed E-state index contributed by atoms with van der Waals surface area (Å²) in [5.41, 5.74) is 0. The summed E-state index contributed by atoms with van der Waals surface area (Å²) in [7, 11) is 0. The summed E-state index contributed by atoms with van der Waals surface area (Å²) in [5, 5.41) is 1.64. The van der Waals surface area contributed by atoms with E-state index in [0.29, 0.717) is 13.2 Å². The van der Waals surface area contributed by atoms with Gasteiger partial charge in [0.25, 0.3) is 0 Å². The molecule has 0 amide bonds. The fourth-order valence-electron chi connectivity index (χ4n) is 0.941. The molecule has 1 fully saturated rings. The van der Waals surface area contributed by atoms with Crippen molar-refractivity contribution < 1.29 is 19.2 Å². The van der Waals surface area contributed by atoms with Crippen LogP contribution < -0.4 is 5.90 Å². The Kier molecular flexibility index (Phi) is 8.07. The molecule has 17 heavy (non-hydrogen) atoms. The molecule has 1 aliphatic heterocycles. The van der Waals surface area contributed by atoms with E-state index in [1.54, 1.807) is 12.0 Å². The fourth-order valence-corrected chi connectivity index (χ4v) is 0.941. The summed E-state index contributed by atoms with van der Waals surface area (Å²) in [4.78, 5) is 20.6. The molecule has 0 bridgehead atoms. The van der Waals surface area contributed by atoms with E-state index in [-0.39, 0.29) is 24.2 Å². The van der Waals surface area contributed by atoms with Crippen molar-refractivity contribution in [2.24, 2.45) is 5.90 Å². The molecule has 0 radical (unpaired) electrons. The smallest absolute Gasteiger partial charge is 0.327 e. The minimum Gasteiger partial charge on any atom is -0.465 e. The number of carbonyl (C=O) groups is 1. The van der Waals surface area contributed by atoms with Gasteiger partial charge in [-0.05, 0) is 34.6 Å². The quantitative estimate of drug-likeness (QED) is 0.442. The van der Waals surface area contributed by atoms with E-state index in [1.165, 1.54) is 0 Å². The van der Waals surface area contributed by atoms with Crippen molar-refractivity contribution in [3.63, 3.8) is 0 Å². The van der Waals surface area contributed by atoms with Crippen molar-refractivity contribution in [3.8, 4) is 0 Å². The summed E-state index contributed by atoms with van der Waals surface area (Å²) in [5.74, 6) is 4.49. The lowest BCUT2D eigenvalue weighted by Crippen LogP contribution is -2.18. The van der Waals surface area contributed by atoms with Gasteiger partial charge in [0.1, 0.15) is 6.04 Å². The van der Waals surface area contributed by atoms with Crippen LogP contribution in [0.3, 0.4) is 0 Å². The highest BCUT2D eigenvalue weighted by Gasteiger charge is 2.43. The van der Waals surface area contributed by atoms with Crippen LogP contribution in [0, 0.1) is 0 Å². The van der Waals surface area contributed by atoms with Crippen LogP contribution in [-0.4, -0.2) is 42.4 Å². The molecule has 2 atom stereocenters. The third-order valence-corrected chi connectivity index (χ3v) is 1.74. The predicted octanol–water partition coefficient (Wildman–Crippen LogP) is 0.859. The van der Waals surface area contributed by atoms with Gasteiger partial charge in [-0.1, -0.05) is 0 Å². The molecule has 1 saturated heterocycles. The van der Waals surface area contributed by atoms with Crippen molar-refractivity contribution in [3.05, 3.63) is 0 Å². The molecule has 2 unspecified atom stereocenters. The number of rotatable bonds is 5. The van der Waals surface area contributed by atoms with Crippen LogP contribution in [0.2, 0.25) is 0 Å². The second kappa shape index (κ2) is 8.41. The van der Waals surface area contributed by atoms with E-state index in [2.05, 4.69) is 10.7 Å². The Morgan fingerprint density at radius 1 is 1.35 bits per heavy atom. The molecule has 0 aromatic heterocycles. The molecule has 0 aromatic carbocycles. The first-order chi connectivity index (χ1) is 7.92. The minimum absolute atomic E-state index is 0.129. The molecule has 6 nitrogen and oxygen atoms in total. The molecule has 0 aliphatic carbocycles. The number of hydrogen-bond donors (Lipinski definition) is 1. The highest BCUT2D eigenvalue weighted by atomic mass is 16.7. The van der Waals surface area contributed by atoms with Crippen molar-refractivity contribution in [2.45, 2.75) is 52.9 Å². The summed E-state index contributed by atoms with van der Waals surface area (Å²) < 4.78 is 4.82. The predicted molar refractivity (Wildman–Crippen MR) is 63.8 cm³/mol. The molecule has 0 spiro atoms. The van der Waals surface area contributed by atoms with E-state index in [0.717, 1.165) is 0 Å². The van der Waals surface area contributed by atoms with Gasteiger partial charge in [0.05, 0.1) is 25.4 Å². The zero-order valence-corrected chi connectivity index (χ0v) is 11.3. The maximum absolute atomic E-state index is 11.1. The average Bonchev–Trinajstić information content (AvgIpc) is 2.97. The lowest BCUT2D eigenvalue weighted by molar-refractivity contribution is -0.154. The summed E-state index contributed by atoms with van der Waals surface area (Å²) in [6, 6.07) is -0.160. The largest absolute Gasteiger partial charge is 0.465 e. The molecule has 102 valence electrons. The first-order valence-corrected chi connectivity index (χ1v) is 5.87. The Balaban J connectivity index is 0.000000437. The third kappa shape index (κ3) is 8.09. The van der Waals surface area contributed by atoms with Gasteiger partial charge in [0.15, 0.2) is 0 Å². The van der Waals surface area contributed by atoms with E-state index in [1.807, 2.05) is 27.7 Å². The zero-order chi connectivity index (χ0) is 13.4.